The number of benzene rings is 2. The molecule has 0 unspecified atom stereocenters. The van der Waals surface area contributed by atoms with Gasteiger partial charge in [-0.15, -0.1) is 0 Å². The highest BCUT2D eigenvalue weighted by molar-refractivity contribution is 9.10. The Kier molecular flexibility index (Phi) is 4.42. The van der Waals surface area contributed by atoms with E-state index in [0.29, 0.717) is 11.5 Å². The summed E-state index contributed by atoms with van der Waals surface area (Å²) in [5, 5.41) is 13.6. The van der Waals surface area contributed by atoms with Gasteiger partial charge in [0.25, 0.3) is 11.8 Å². The average Bonchev–Trinajstić information content (AvgIpc) is 3.56. The Bertz CT molecular complexity index is 1290. The minimum atomic E-state index is -0.858. The lowest BCUT2D eigenvalue weighted by molar-refractivity contribution is -0.123. The van der Waals surface area contributed by atoms with Crippen molar-refractivity contribution in [1.29, 1.82) is 0 Å². The molecule has 0 bridgehead atoms. The molecule has 2 aromatic carbocycles. The van der Waals surface area contributed by atoms with Crippen LogP contribution in [-0.4, -0.2) is 39.0 Å². The van der Waals surface area contributed by atoms with Gasteiger partial charge in [0.15, 0.2) is 12.1 Å². The Labute approximate surface area is 191 Å². The second kappa shape index (κ2) is 7.33. The molecule has 0 saturated carbocycles. The molecule has 2 atom stereocenters. The molecule has 3 heterocycles. The SMILES string of the molecule is O=C1[C@@H]2N=NN(Cc3nc(-c4cccc(Br)c4)no3)[C@H]2C(=O)N1c1ccc2c(c1)CCC2. The second-order valence-electron chi connectivity index (χ2n) is 8.03. The maximum Gasteiger partial charge on any atom is 0.263 e. The summed E-state index contributed by atoms with van der Waals surface area (Å²) >= 11 is 3.43. The fraction of sp³-hybridized carbons (Fsp3) is 0.273. The molecule has 0 radical (unpaired) electrons. The summed E-state index contributed by atoms with van der Waals surface area (Å²) in [6.07, 6.45) is 3.10. The van der Waals surface area contributed by atoms with E-state index in [-0.39, 0.29) is 24.2 Å². The van der Waals surface area contributed by atoms with Gasteiger partial charge >= 0.3 is 0 Å². The highest BCUT2D eigenvalue weighted by atomic mass is 79.9. The largest absolute Gasteiger partial charge is 0.337 e. The average molecular weight is 493 g/mol. The van der Waals surface area contributed by atoms with Crippen molar-refractivity contribution in [3.8, 4) is 11.4 Å². The summed E-state index contributed by atoms with van der Waals surface area (Å²) < 4.78 is 6.27. The zero-order chi connectivity index (χ0) is 21.8. The smallest absolute Gasteiger partial charge is 0.263 e. The minimum absolute atomic E-state index is 0.0860. The second-order valence-corrected chi connectivity index (χ2v) is 8.95. The van der Waals surface area contributed by atoms with Crippen molar-refractivity contribution in [3.63, 3.8) is 0 Å². The van der Waals surface area contributed by atoms with Crippen LogP contribution in [0.5, 0.6) is 0 Å². The number of carbonyl (C=O) groups excluding carboxylic acids is 2. The molecule has 1 saturated heterocycles. The first-order valence-corrected chi connectivity index (χ1v) is 11.1. The zero-order valence-corrected chi connectivity index (χ0v) is 18.4. The van der Waals surface area contributed by atoms with Crippen LogP contribution in [0.4, 0.5) is 5.69 Å². The summed E-state index contributed by atoms with van der Waals surface area (Å²) in [6, 6.07) is 11.7. The molecule has 0 N–H and O–H groups in total. The van der Waals surface area contributed by atoms with E-state index in [0.717, 1.165) is 29.3 Å². The van der Waals surface area contributed by atoms with Crippen LogP contribution < -0.4 is 4.90 Å². The molecule has 1 fully saturated rings. The van der Waals surface area contributed by atoms with Crippen LogP contribution in [0.2, 0.25) is 0 Å². The van der Waals surface area contributed by atoms with Crippen molar-refractivity contribution < 1.29 is 14.1 Å². The van der Waals surface area contributed by atoms with Gasteiger partial charge in [0.2, 0.25) is 11.7 Å². The molecule has 32 heavy (non-hydrogen) atoms. The number of halogens is 1. The van der Waals surface area contributed by atoms with E-state index < -0.39 is 12.1 Å². The Hall–Kier alpha value is -3.40. The quantitative estimate of drug-likeness (QED) is 0.516. The van der Waals surface area contributed by atoms with Gasteiger partial charge in [-0.3, -0.25) is 14.6 Å². The lowest BCUT2D eigenvalue weighted by Gasteiger charge is -2.19. The standard InChI is InChI=1S/C22H17BrN6O3/c23-15-6-2-5-14(9-15)20-24-17(32-26-20)11-28-19-18(25-27-28)21(30)29(22(19)31)16-8-7-12-3-1-4-13(12)10-16/h2,5-10,18-19H,1,3-4,11H2/t18-,19-/m1/s1. The van der Waals surface area contributed by atoms with Gasteiger partial charge in [0.05, 0.1) is 5.69 Å². The topological polar surface area (TPSA) is 104 Å². The van der Waals surface area contributed by atoms with E-state index in [1.807, 2.05) is 42.5 Å². The number of aromatic nitrogens is 2. The van der Waals surface area contributed by atoms with Crippen molar-refractivity contribution in [2.45, 2.75) is 37.9 Å². The highest BCUT2D eigenvalue weighted by Crippen LogP contribution is 2.35. The van der Waals surface area contributed by atoms with E-state index in [1.165, 1.54) is 21.0 Å². The Morgan fingerprint density at radius 1 is 1.06 bits per heavy atom. The van der Waals surface area contributed by atoms with Gasteiger partial charge in [-0.25, -0.2) is 4.90 Å². The molecule has 2 aliphatic heterocycles. The van der Waals surface area contributed by atoms with Crippen LogP contribution in [0.1, 0.15) is 23.4 Å². The number of carbonyl (C=O) groups is 2. The number of rotatable bonds is 4. The summed E-state index contributed by atoms with van der Waals surface area (Å²) in [6.45, 7) is 0.0860. The molecule has 9 nitrogen and oxygen atoms in total. The Balaban J connectivity index is 1.23. The van der Waals surface area contributed by atoms with Crippen molar-refractivity contribution in [3.05, 3.63) is 64.0 Å². The number of hydrogen-bond donors (Lipinski definition) is 0. The van der Waals surface area contributed by atoms with Gasteiger partial charge in [-0.05, 0) is 54.7 Å². The molecule has 10 heteroatoms. The number of aryl methyl sites for hydroxylation is 2. The van der Waals surface area contributed by atoms with Gasteiger partial charge in [-0.1, -0.05) is 44.5 Å². The van der Waals surface area contributed by atoms with E-state index in [1.54, 1.807) is 0 Å². The molecule has 6 rings (SSSR count). The first-order chi connectivity index (χ1) is 15.6. The number of anilines is 1. The van der Waals surface area contributed by atoms with Gasteiger partial charge in [0, 0.05) is 10.0 Å². The van der Waals surface area contributed by atoms with E-state index in [2.05, 4.69) is 36.4 Å². The third-order valence-electron chi connectivity index (χ3n) is 6.05. The number of hydrogen-bond acceptors (Lipinski definition) is 8. The highest BCUT2D eigenvalue weighted by Gasteiger charge is 2.55. The lowest BCUT2D eigenvalue weighted by atomic mass is 10.1. The number of nitrogens with zero attached hydrogens (tertiary/aromatic N) is 6. The monoisotopic (exact) mass is 492 g/mol. The summed E-state index contributed by atoms with van der Waals surface area (Å²) in [5.41, 5.74) is 3.88. The van der Waals surface area contributed by atoms with Crippen LogP contribution in [0, 0.1) is 0 Å². The molecule has 3 aliphatic rings. The molecule has 2 amide bonds. The van der Waals surface area contributed by atoms with Crippen molar-refractivity contribution in [2.75, 3.05) is 4.90 Å². The van der Waals surface area contributed by atoms with Crippen molar-refractivity contribution in [2.24, 2.45) is 10.3 Å². The van der Waals surface area contributed by atoms with Crippen LogP contribution in [0.3, 0.4) is 0 Å². The lowest BCUT2D eigenvalue weighted by Crippen LogP contribution is -2.39. The molecule has 160 valence electrons. The fourth-order valence-corrected chi connectivity index (χ4v) is 4.91. The minimum Gasteiger partial charge on any atom is -0.337 e. The van der Waals surface area contributed by atoms with Gasteiger partial charge < -0.3 is 4.52 Å². The first-order valence-electron chi connectivity index (χ1n) is 10.3. The van der Waals surface area contributed by atoms with Crippen LogP contribution >= 0.6 is 15.9 Å². The maximum atomic E-state index is 13.2. The fourth-order valence-electron chi connectivity index (χ4n) is 4.51. The zero-order valence-electron chi connectivity index (χ0n) is 16.8. The van der Waals surface area contributed by atoms with Crippen molar-refractivity contribution in [1.82, 2.24) is 15.1 Å². The summed E-state index contributed by atoms with van der Waals surface area (Å²) in [5.74, 6) is 0.0256. The summed E-state index contributed by atoms with van der Waals surface area (Å²) in [7, 11) is 0. The molecule has 0 spiro atoms. The predicted octanol–water partition coefficient (Wildman–Crippen LogP) is 3.48. The van der Waals surface area contributed by atoms with E-state index in [4.69, 9.17) is 4.52 Å². The van der Waals surface area contributed by atoms with Gasteiger partial charge in [-0.2, -0.15) is 10.1 Å². The number of fused-ring (bicyclic) bond motifs is 2. The normalized spacial score (nSPS) is 21.5. The molecule has 3 aromatic rings. The molecule has 1 aliphatic carbocycles. The van der Waals surface area contributed by atoms with Crippen LogP contribution in [0.15, 0.2) is 61.8 Å². The Morgan fingerprint density at radius 2 is 1.94 bits per heavy atom. The van der Waals surface area contributed by atoms with Gasteiger partial charge in [0.1, 0.15) is 6.54 Å². The Morgan fingerprint density at radius 3 is 2.81 bits per heavy atom. The van der Waals surface area contributed by atoms with Crippen LogP contribution in [-0.2, 0) is 29.0 Å². The van der Waals surface area contributed by atoms with Crippen LogP contribution in [0.25, 0.3) is 11.4 Å². The molecular weight excluding hydrogens is 476 g/mol. The maximum absolute atomic E-state index is 13.2. The number of imide groups is 1. The van der Waals surface area contributed by atoms with E-state index in [9.17, 15) is 9.59 Å². The van der Waals surface area contributed by atoms with Crippen molar-refractivity contribution >= 4 is 33.4 Å². The van der Waals surface area contributed by atoms with E-state index >= 15 is 0 Å². The number of amides is 2. The first kappa shape index (κ1) is 19.3. The molecular formula is C22H17BrN6O3. The summed E-state index contributed by atoms with van der Waals surface area (Å²) in [4.78, 5) is 31.9. The third kappa shape index (κ3) is 3.05. The molecule has 1 aromatic heterocycles. The predicted molar refractivity (Wildman–Crippen MR) is 116 cm³/mol. The third-order valence-corrected chi connectivity index (χ3v) is 6.54.